The number of carbonyl (C=O) groups excluding carboxylic acids is 2. The lowest BCUT2D eigenvalue weighted by atomic mass is 10.1. The van der Waals surface area contributed by atoms with E-state index in [2.05, 4.69) is 0 Å². The molecule has 0 bridgehead atoms. The molecule has 11 nitrogen and oxygen atoms in total. The SMILES string of the molecule is CS(=O)(=O)CCOC(=O)N1CCC(OCC2CN(c3ccc(S(C)(=O)=O)cc3)C(=O)O2)CC1. The van der Waals surface area contributed by atoms with E-state index in [0.717, 1.165) is 12.5 Å². The molecule has 2 heterocycles. The normalized spacial score (nSPS) is 20.1. The minimum atomic E-state index is -3.32. The second-order valence-corrected chi connectivity index (χ2v) is 12.4. The fourth-order valence-electron chi connectivity index (χ4n) is 3.51. The van der Waals surface area contributed by atoms with Gasteiger partial charge in [-0.05, 0) is 37.1 Å². The van der Waals surface area contributed by atoms with Gasteiger partial charge in [0.05, 0.1) is 29.9 Å². The molecule has 0 N–H and O–H groups in total. The van der Waals surface area contributed by atoms with Gasteiger partial charge in [-0.3, -0.25) is 4.90 Å². The van der Waals surface area contributed by atoms with Gasteiger partial charge in [-0.1, -0.05) is 0 Å². The first kappa shape index (κ1) is 25.2. The average Bonchev–Trinajstić information content (AvgIpc) is 3.11. The predicted octanol–water partition coefficient (Wildman–Crippen LogP) is 1.08. The van der Waals surface area contributed by atoms with Crippen LogP contribution in [0, 0.1) is 0 Å². The number of cyclic esters (lactones) is 1. The number of carbonyl (C=O) groups is 2. The van der Waals surface area contributed by atoms with Crippen molar-refractivity contribution in [1.29, 1.82) is 0 Å². The molecule has 13 heteroatoms. The van der Waals surface area contributed by atoms with Crippen LogP contribution in [0.3, 0.4) is 0 Å². The minimum Gasteiger partial charge on any atom is -0.448 e. The van der Waals surface area contributed by atoms with E-state index in [0.29, 0.717) is 31.6 Å². The Morgan fingerprint density at radius 3 is 2.30 bits per heavy atom. The van der Waals surface area contributed by atoms with E-state index in [-0.39, 0.29) is 36.5 Å². The van der Waals surface area contributed by atoms with Gasteiger partial charge in [-0.15, -0.1) is 0 Å². The third-order valence-corrected chi connectivity index (χ3v) is 7.39. The molecule has 184 valence electrons. The summed E-state index contributed by atoms with van der Waals surface area (Å²) in [6, 6.07) is 6.01. The van der Waals surface area contributed by atoms with Gasteiger partial charge in [-0.2, -0.15) is 0 Å². The van der Waals surface area contributed by atoms with Crippen molar-refractivity contribution < 1.29 is 40.6 Å². The van der Waals surface area contributed by atoms with Gasteiger partial charge < -0.3 is 19.1 Å². The van der Waals surface area contributed by atoms with Crippen LogP contribution in [0.15, 0.2) is 29.2 Å². The predicted molar refractivity (Wildman–Crippen MR) is 119 cm³/mol. The maximum atomic E-state index is 12.2. The molecular formula is C20H28N2O9S2. The fourth-order valence-corrected chi connectivity index (χ4v) is 4.53. The second-order valence-electron chi connectivity index (χ2n) is 8.15. The molecule has 0 radical (unpaired) electrons. The topological polar surface area (TPSA) is 137 Å². The first-order valence-electron chi connectivity index (χ1n) is 10.4. The van der Waals surface area contributed by atoms with Crippen LogP contribution in [-0.2, 0) is 33.9 Å². The summed E-state index contributed by atoms with van der Waals surface area (Å²) in [5.41, 5.74) is 0.539. The summed E-state index contributed by atoms with van der Waals surface area (Å²) in [5.74, 6) is -0.211. The molecule has 0 aliphatic carbocycles. The van der Waals surface area contributed by atoms with Gasteiger partial charge in [0.15, 0.2) is 19.7 Å². The highest BCUT2D eigenvalue weighted by atomic mass is 32.2. The van der Waals surface area contributed by atoms with E-state index >= 15 is 0 Å². The largest absolute Gasteiger partial charge is 0.448 e. The number of hydrogen-bond donors (Lipinski definition) is 0. The number of ether oxygens (including phenoxy) is 3. The number of benzene rings is 1. The molecule has 3 rings (SSSR count). The Bertz CT molecular complexity index is 1060. The lowest BCUT2D eigenvalue weighted by Crippen LogP contribution is -2.42. The summed E-state index contributed by atoms with van der Waals surface area (Å²) >= 11 is 0. The average molecular weight is 505 g/mol. The maximum Gasteiger partial charge on any atom is 0.414 e. The van der Waals surface area contributed by atoms with E-state index in [1.54, 1.807) is 12.1 Å². The van der Waals surface area contributed by atoms with Crippen molar-refractivity contribution in [2.24, 2.45) is 0 Å². The zero-order valence-corrected chi connectivity index (χ0v) is 20.1. The van der Waals surface area contributed by atoms with Crippen LogP contribution in [-0.4, -0.2) is 97.2 Å². The third kappa shape index (κ3) is 7.30. The Labute approximate surface area is 193 Å². The molecular weight excluding hydrogens is 476 g/mol. The van der Waals surface area contributed by atoms with Crippen LogP contribution in [0.25, 0.3) is 0 Å². The van der Waals surface area contributed by atoms with Gasteiger partial charge in [-0.25, -0.2) is 26.4 Å². The van der Waals surface area contributed by atoms with Crippen LogP contribution < -0.4 is 4.90 Å². The molecule has 2 aliphatic heterocycles. The second kappa shape index (κ2) is 10.3. The number of piperidine rings is 1. The zero-order valence-electron chi connectivity index (χ0n) is 18.5. The van der Waals surface area contributed by atoms with E-state index in [4.69, 9.17) is 14.2 Å². The number of rotatable bonds is 8. The summed E-state index contributed by atoms with van der Waals surface area (Å²) in [4.78, 5) is 27.3. The lowest BCUT2D eigenvalue weighted by molar-refractivity contribution is -0.0267. The van der Waals surface area contributed by atoms with Crippen molar-refractivity contribution in [3.8, 4) is 0 Å². The molecule has 0 spiro atoms. The number of nitrogens with zero attached hydrogens (tertiary/aromatic N) is 2. The molecule has 2 amide bonds. The molecule has 1 aromatic rings. The van der Waals surface area contributed by atoms with Gasteiger partial charge in [0.25, 0.3) is 0 Å². The number of likely N-dealkylation sites (tertiary alicyclic amines) is 1. The number of anilines is 1. The summed E-state index contributed by atoms with van der Waals surface area (Å²) in [7, 11) is -6.51. The Hall–Kier alpha value is -2.38. The van der Waals surface area contributed by atoms with Gasteiger partial charge in [0.2, 0.25) is 0 Å². The van der Waals surface area contributed by atoms with Crippen molar-refractivity contribution in [2.75, 3.05) is 56.0 Å². The monoisotopic (exact) mass is 504 g/mol. The van der Waals surface area contributed by atoms with Crippen molar-refractivity contribution in [3.05, 3.63) is 24.3 Å². The summed E-state index contributed by atoms with van der Waals surface area (Å²) < 4.78 is 61.6. The lowest BCUT2D eigenvalue weighted by Gasteiger charge is -2.31. The highest BCUT2D eigenvalue weighted by Gasteiger charge is 2.34. The molecule has 0 aromatic heterocycles. The first-order valence-corrected chi connectivity index (χ1v) is 14.4. The number of hydrogen-bond acceptors (Lipinski definition) is 9. The minimum absolute atomic E-state index is 0.105. The Morgan fingerprint density at radius 1 is 1.09 bits per heavy atom. The van der Waals surface area contributed by atoms with E-state index in [9.17, 15) is 26.4 Å². The highest BCUT2D eigenvalue weighted by Crippen LogP contribution is 2.24. The van der Waals surface area contributed by atoms with Crippen LogP contribution in [0.1, 0.15) is 12.8 Å². The number of sulfone groups is 2. The maximum absolute atomic E-state index is 12.2. The molecule has 2 saturated heterocycles. The van der Waals surface area contributed by atoms with Gasteiger partial charge >= 0.3 is 12.2 Å². The van der Waals surface area contributed by atoms with Crippen molar-refractivity contribution in [1.82, 2.24) is 4.90 Å². The van der Waals surface area contributed by atoms with Crippen LogP contribution in [0.2, 0.25) is 0 Å². The molecule has 1 unspecified atom stereocenters. The molecule has 0 saturated carbocycles. The summed E-state index contributed by atoms with van der Waals surface area (Å²) in [5, 5.41) is 0. The van der Waals surface area contributed by atoms with Crippen LogP contribution in [0.4, 0.5) is 15.3 Å². The number of amides is 2. The molecule has 33 heavy (non-hydrogen) atoms. The van der Waals surface area contributed by atoms with Crippen molar-refractivity contribution >= 4 is 37.5 Å². The molecule has 2 aliphatic rings. The molecule has 1 aromatic carbocycles. The third-order valence-electron chi connectivity index (χ3n) is 5.35. The Morgan fingerprint density at radius 2 is 1.73 bits per heavy atom. The van der Waals surface area contributed by atoms with Crippen molar-refractivity contribution in [3.63, 3.8) is 0 Å². The van der Waals surface area contributed by atoms with E-state index < -0.39 is 38.0 Å². The van der Waals surface area contributed by atoms with Crippen molar-refractivity contribution in [2.45, 2.75) is 29.9 Å². The van der Waals surface area contributed by atoms with Gasteiger partial charge in [0, 0.05) is 31.3 Å². The van der Waals surface area contributed by atoms with E-state index in [1.807, 2.05) is 0 Å². The standard InChI is InChI=1S/C20H28N2O9S2/c1-32(25,26)12-11-29-19(23)21-9-7-16(8-10-21)30-14-17-13-22(20(24)31-17)15-3-5-18(6-4-15)33(2,27)28/h3-6,16-17H,7-14H2,1-2H3. The smallest absolute Gasteiger partial charge is 0.414 e. The van der Waals surface area contributed by atoms with Crippen LogP contribution in [0.5, 0.6) is 0 Å². The highest BCUT2D eigenvalue weighted by molar-refractivity contribution is 7.91. The molecule has 1 atom stereocenters. The zero-order chi connectivity index (χ0) is 24.2. The van der Waals surface area contributed by atoms with Gasteiger partial charge in [0.1, 0.15) is 12.7 Å². The Balaban J connectivity index is 1.41. The van der Waals surface area contributed by atoms with Crippen LogP contribution >= 0.6 is 0 Å². The summed E-state index contributed by atoms with van der Waals surface area (Å²) in [6.07, 6.45) is 1.72. The Kier molecular flexibility index (Phi) is 7.85. The quantitative estimate of drug-likeness (QED) is 0.509. The first-order chi connectivity index (χ1) is 15.4. The fraction of sp³-hybridized carbons (Fsp3) is 0.600. The molecule has 2 fully saturated rings. The van der Waals surface area contributed by atoms with E-state index in [1.165, 1.54) is 21.9 Å². The summed E-state index contributed by atoms with van der Waals surface area (Å²) in [6.45, 7) is 1.15.